The van der Waals surface area contributed by atoms with Crippen LogP contribution in [0.2, 0.25) is 0 Å². The smallest absolute Gasteiger partial charge is 0.151 e. The SMILES string of the molecule is CCN(CC1[C@H]2CNC[C@@H]12)C1CCS(=O)(=O)C1. The van der Waals surface area contributed by atoms with Gasteiger partial charge in [0.15, 0.2) is 9.84 Å². The largest absolute Gasteiger partial charge is 0.316 e. The van der Waals surface area contributed by atoms with Gasteiger partial charge in [0, 0.05) is 12.6 Å². The number of fused-ring (bicyclic) bond motifs is 1. The minimum atomic E-state index is -2.74. The molecule has 2 saturated heterocycles. The molecule has 98 valence electrons. The molecule has 3 fully saturated rings. The average Bonchev–Trinajstić information content (AvgIpc) is 2.70. The highest BCUT2D eigenvalue weighted by Crippen LogP contribution is 2.49. The van der Waals surface area contributed by atoms with E-state index in [1.165, 1.54) is 13.1 Å². The lowest BCUT2D eigenvalue weighted by atomic mass is 10.2. The molecule has 0 aromatic rings. The van der Waals surface area contributed by atoms with Crippen LogP contribution in [0.1, 0.15) is 13.3 Å². The molecule has 1 saturated carbocycles. The van der Waals surface area contributed by atoms with Gasteiger partial charge in [-0.15, -0.1) is 0 Å². The monoisotopic (exact) mass is 258 g/mol. The number of piperidine rings is 1. The Morgan fingerprint density at radius 3 is 2.53 bits per heavy atom. The van der Waals surface area contributed by atoms with Crippen LogP contribution in [0.15, 0.2) is 0 Å². The van der Waals surface area contributed by atoms with Crippen LogP contribution in [0.3, 0.4) is 0 Å². The van der Waals surface area contributed by atoms with Crippen molar-refractivity contribution in [3.63, 3.8) is 0 Å². The van der Waals surface area contributed by atoms with Crippen molar-refractivity contribution in [1.29, 1.82) is 0 Å². The van der Waals surface area contributed by atoms with Crippen LogP contribution in [-0.4, -0.2) is 57.0 Å². The predicted molar refractivity (Wildman–Crippen MR) is 67.6 cm³/mol. The average molecular weight is 258 g/mol. The second kappa shape index (κ2) is 4.21. The summed E-state index contributed by atoms with van der Waals surface area (Å²) in [6, 6.07) is 0.291. The van der Waals surface area contributed by atoms with Crippen LogP contribution < -0.4 is 5.32 Å². The second-order valence-electron chi connectivity index (χ2n) is 5.79. The quantitative estimate of drug-likeness (QED) is 0.769. The van der Waals surface area contributed by atoms with Gasteiger partial charge in [-0.25, -0.2) is 8.42 Å². The molecule has 0 amide bonds. The molecule has 1 N–H and O–H groups in total. The lowest BCUT2D eigenvalue weighted by Gasteiger charge is -2.27. The number of nitrogens with one attached hydrogen (secondary N) is 1. The summed E-state index contributed by atoms with van der Waals surface area (Å²) in [6.07, 6.45) is 0.844. The minimum Gasteiger partial charge on any atom is -0.316 e. The van der Waals surface area contributed by atoms with Crippen molar-refractivity contribution < 1.29 is 8.42 Å². The Balaban J connectivity index is 1.57. The van der Waals surface area contributed by atoms with E-state index in [1.807, 2.05) is 0 Å². The Morgan fingerprint density at radius 1 is 1.29 bits per heavy atom. The van der Waals surface area contributed by atoms with Gasteiger partial charge < -0.3 is 5.32 Å². The van der Waals surface area contributed by atoms with Crippen molar-refractivity contribution in [2.45, 2.75) is 19.4 Å². The molecule has 0 spiro atoms. The summed E-state index contributed by atoms with van der Waals surface area (Å²) in [5, 5.41) is 3.41. The fourth-order valence-corrected chi connectivity index (χ4v) is 5.45. The van der Waals surface area contributed by atoms with Gasteiger partial charge in [0.1, 0.15) is 0 Å². The molecular weight excluding hydrogens is 236 g/mol. The van der Waals surface area contributed by atoms with Crippen LogP contribution in [0, 0.1) is 17.8 Å². The zero-order valence-electron chi connectivity index (χ0n) is 10.4. The molecule has 0 bridgehead atoms. The summed E-state index contributed by atoms with van der Waals surface area (Å²) >= 11 is 0. The number of hydrogen-bond donors (Lipinski definition) is 1. The van der Waals surface area contributed by atoms with Crippen molar-refractivity contribution in [2.24, 2.45) is 17.8 Å². The first kappa shape index (κ1) is 11.9. The van der Waals surface area contributed by atoms with Crippen molar-refractivity contribution in [3.05, 3.63) is 0 Å². The minimum absolute atomic E-state index is 0.291. The Morgan fingerprint density at radius 2 is 2.00 bits per heavy atom. The van der Waals surface area contributed by atoms with E-state index in [2.05, 4.69) is 17.1 Å². The standard InChI is InChI=1S/C12H22N2O2S/c1-2-14(9-3-4-17(15,16)8-9)7-12-10-5-13-6-11(10)12/h9-13H,2-8H2,1H3/t9?,10-,11+,12?. The van der Waals surface area contributed by atoms with E-state index in [4.69, 9.17) is 0 Å². The highest BCUT2D eigenvalue weighted by molar-refractivity contribution is 7.91. The molecule has 3 aliphatic rings. The molecule has 4 nitrogen and oxygen atoms in total. The molecule has 5 heteroatoms. The maximum Gasteiger partial charge on any atom is 0.151 e. The highest BCUT2D eigenvalue weighted by atomic mass is 32.2. The summed E-state index contributed by atoms with van der Waals surface area (Å²) in [5.41, 5.74) is 0. The van der Waals surface area contributed by atoms with Crippen molar-refractivity contribution in [3.8, 4) is 0 Å². The van der Waals surface area contributed by atoms with Crippen LogP contribution >= 0.6 is 0 Å². The van der Waals surface area contributed by atoms with Crippen molar-refractivity contribution >= 4 is 9.84 Å². The fourth-order valence-electron chi connectivity index (χ4n) is 3.69. The molecule has 2 unspecified atom stereocenters. The van der Waals surface area contributed by atoms with Crippen molar-refractivity contribution in [2.75, 3.05) is 37.7 Å². The van der Waals surface area contributed by atoms with E-state index in [9.17, 15) is 8.42 Å². The molecule has 2 aliphatic heterocycles. The normalized spacial score (nSPS) is 42.9. The first-order valence-corrected chi connectivity index (χ1v) is 8.58. The molecule has 0 aromatic heterocycles. The second-order valence-corrected chi connectivity index (χ2v) is 8.02. The summed E-state index contributed by atoms with van der Waals surface area (Å²) in [6.45, 7) is 6.62. The molecule has 0 radical (unpaired) electrons. The summed E-state index contributed by atoms with van der Waals surface area (Å²) < 4.78 is 23.0. The van der Waals surface area contributed by atoms with E-state index >= 15 is 0 Å². The highest BCUT2D eigenvalue weighted by Gasteiger charge is 2.53. The lowest BCUT2D eigenvalue weighted by Crippen LogP contribution is -2.38. The molecule has 3 rings (SSSR count). The lowest BCUT2D eigenvalue weighted by molar-refractivity contribution is 0.205. The number of rotatable bonds is 4. The van der Waals surface area contributed by atoms with Gasteiger partial charge in [-0.2, -0.15) is 0 Å². The predicted octanol–water partition coefficient (Wildman–Crippen LogP) is -0.0392. The van der Waals surface area contributed by atoms with Crippen LogP contribution in [0.25, 0.3) is 0 Å². The van der Waals surface area contributed by atoms with Crippen LogP contribution in [0.4, 0.5) is 0 Å². The zero-order valence-corrected chi connectivity index (χ0v) is 11.2. The van der Waals surface area contributed by atoms with Crippen LogP contribution in [0.5, 0.6) is 0 Å². The number of sulfone groups is 1. The Bertz CT molecular complexity index is 385. The van der Waals surface area contributed by atoms with Gasteiger partial charge in [0.25, 0.3) is 0 Å². The van der Waals surface area contributed by atoms with E-state index in [-0.39, 0.29) is 0 Å². The maximum atomic E-state index is 11.5. The van der Waals surface area contributed by atoms with Gasteiger partial charge in [0.05, 0.1) is 11.5 Å². The van der Waals surface area contributed by atoms with E-state index in [0.717, 1.165) is 37.3 Å². The first-order valence-electron chi connectivity index (χ1n) is 6.76. The third-order valence-electron chi connectivity index (χ3n) is 4.85. The summed E-state index contributed by atoms with van der Waals surface area (Å²) in [5.74, 6) is 3.37. The third-order valence-corrected chi connectivity index (χ3v) is 6.60. The maximum absolute atomic E-state index is 11.5. The topological polar surface area (TPSA) is 49.4 Å². The van der Waals surface area contributed by atoms with Gasteiger partial charge in [-0.3, -0.25) is 4.90 Å². The Hall–Kier alpha value is -0.130. The number of hydrogen-bond acceptors (Lipinski definition) is 4. The van der Waals surface area contributed by atoms with Gasteiger partial charge >= 0.3 is 0 Å². The van der Waals surface area contributed by atoms with Gasteiger partial charge in [-0.05, 0) is 43.8 Å². The first-order chi connectivity index (χ1) is 8.11. The number of nitrogens with zero attached hydrogens (tertiary/aromatic N) is 1. The summed E-state index contributed by atoms with van der Waals surface area (Å²) in [4.78, 5) is 2.41. The molecule has 17 heavy (non-hydrogen) atoms. The molecular formula is C12H22N2O2S. The Labute approximate surface area is 104 Å². The molecule has 1 aliphatic carbocycles. The van der Waals surface area contributed by atoms with E-state index in [1.54, 1.807) is 0 Å². The van der Waals surface area contributed by atoms with Crippen LogP contribution in [-0.2, 0) is 9.84 Å². The Kier molecular flexibility index (Phi) is 2.96. The molecule has 4 atom stereocenters. The fraction of sp³-hybridized carbons (Fsp3) is 1.00. The van der Waals surface area contributed by atoms with E-state index in [0.29, 0.717) is 17.5 Å². The molecule has 0 aromatic carbocycles. The molecule has 2 heterocycles. The van der Waals surface area contributed by atoms with E-state index < -0.39 is 9.84 Å². The van der Waals surface area contributed by atoms with Gasteiger partial charge in [0.2, 0.25) is 0 Å². The van der Waals surface area contributed by atoms with Crippen molar-refractivity contribution in [1.82, 2.24) is 10.2 Å². The zero-order chi connectivity index (χ0) is 12.0. The third kappa shape index (κ3) is 2.25. The van der Waals surface area contributed by atoms with Gasteiger partial charge in [-0.1, -0.05) is 6.92 Å². The summed E-state index contributed by atoms with van der Waals surface area (Å²) in [7, 11) is -2.74.